The second-order valence-electron chi connectivity index (χ2n) is 9.21. The number of hydrogen-bond acceptors (Lipinski definition) is 7. The molecule has 0 radical (unpaired) electrons. The van der Waals surface area contributed by atoms with Gasteiger partial charge in [0.2, 0.25) is 5.91 Å². The van der Waals surface area contributed by atoms with Gasteiger partial charge in [0, 0.05) is 43.5 Å². The van der Waals surface area contributed by atoms with Gasteiger partial charge in [-0.25, -0.2) is 0 Å². The maximum atomic E-state index is 14.0. The highest BCUT2D eigenvalue weighted by Crippen LogP contribution is 2.34. The average Bonchev–Trinajstić information content (AvgIpc) is 3.22. The minimum absolute atomic E-state index is 0.153. The monoisotopic (exact) mass is 630 g/mol. The summed E-state index contributed by atoms with van der Waals surface area (Å²) < 4.78 is 5.55. The highest BCUT2D eigenvalue weighted by molar-refractivity contribution is 6.48. The van der Waals surface area contributed by atoms with Crippen molar-refractivity contribution in [1.29, 1.82) is 0 Å². The number of amides is 3. The molecular formula is C29H29Cl3N6O4. The fourth-order valence-electron chi connectivity index (χ4n) is 4.36. The lowest BCUT2D eigenvalue weighted by molar-refractivity contribution is -0.127. The van der Waals surface area contributed by atoms with E-state index in [4.69, 9.17) is 39.5 Å². The Morgan fingerprint density at radius 2 is 1.60 bits per heavy atom. The Kier molecular flexibility index (Phi) is 9.82. The molecule has 3 amide bonds. The molecule has 13 heteroatoms. The van der Waals surface area contributed by atoms with Gasteiger partial charge in [-0.15, -0.1) is 5.10 Å². The molecule has 3 aromatic rings. The summed E-state index contributed by atoms with van der Waals surface area (Å²) in [5.41, 5.74) is -0.0148. The number of anilines is 3. The largest absolute Gasteiger partial charge is 0.484 e. The van der Waals surface area contributed by atoms with Crippen LogP contribution in [-0.2, 0) is 14.4 Å². The molecule has 1 atom stereocenters. The summed E-state index contributed by atoms with van der Waals surface area (Å²) in [6.45, 7) is 6.54. The predicted octanol–water partition coefficient (Wildman–Crippen LogP) is 5.29. The zero-order valence-electron chi connectivity index (χ0n) is 23.1. The third-order valence-electron chi connectivity index (χ3n) is 6.35. The second-order valence-corrected chi connectivity index (χ2v) is 10.4. The molecule has 1 aliphatic rings. The highest BCUT2D eigenvalue weighted by atomic mass is 35.5. The van der Waals surface area contributed by atoms with E-state index in [1.165, 1.54) is 19.1 Å². The van der Waals surface area contributed by atoms with Crippen LogP contribution in [0.25, 0.3) is 0 Å². The molecule has 1 aliphatic heterocycles. The summed E-state index contributed by atoms with van der Waals surface area (Å²) in [6.07, 6.45) is 0. The van der Waals surface area contributed by atoms with Crippen LogP contribution in [0.2, 0.25) is 15.1 Å². The lowest BCUT2D eigenvalue weighted by Crippen LogP contribution is -2.68. The van der Waals surface area contributed by atoms with E-state index in [0.29, 0.717) is 11.4 Å². The van der Waals surface area contributed by atoms with E-state index in [9.17, 15) is 14.4 Å². The van der Waals surface area contributed by atoms with Crippen LogP contribution in [0.4, 0.5) is 17.1 Å². The second kappa shape index (κ2) is 13.3. The van der Waals surface area contributed by atoms with Gasteiger partial charge in [0.1, 0.15) is 5.75 Å². The molecule has 0 bridgehead atoms. The van der Waals surface area contributed by atoms with E-state index in [1.54, 1.807) is 42.5 Å². The van der Waals surface area contributed by atoms with Gasteiger partial charge in [0.25, 0.3) is 11.6 Å². The molecule has 10 nitrogen and oxygen atoms in total. The molecule has 3 aromatic carbocycles. The first kappa shape index (κ1) is 31.0. The van der Waals surface area contributed by atoms with Gasteiger partial charge in [-0.2, -0.15) is 5.01 Å². The van der Waals surface area contributed by atoms with E-state index in [-0.39, 0.29) is 26.7 Å². The fraction of sp³-hybridized carbons (Fsp3) is 0.241. The summed E-state index contributed by atoms with van der Waals surface area (Å²) in [6, 6.07) is 18.8. The predicted molar refractivity (Wildman–Crippen MR) is 167 cm³/mol. The fourth-order valence-corrected chi connectivity index (χ4v) is 4.93. The SMILES string of the molecule is CCN(CC)c1ccc(NC2(NC(C)=O)C(=O)N(c3ccccc3)N=C2NC(=O)COc2cc(Cl)c(Cl)c(Cl)c2)cc1. The molecule has 0 saturated carbocycles. The third kappa shape index (κ3) is 6.73. The number of amidine groups is 1. The zero-order chi connectivity index (χ0) is 30.4. The van der Waals surface area contributed by atoms with Gasteiger partial charge in [-0.3, -0.25) is 14.4 Å². The van der Waals surface area contributed by atoms with E-state index >= 15 is 0 Å². The number of ether oxygens (including phenoxy) is 1. The summed E-state index contributed by atoms with van der Waals surface area (Å²) >= 11 is 18.1. The molecular weight excluding hydrogens is 603 g/mol. The van der Waals surface area contributed by atoms with E-state index < -0.39 is 30.0 Å². The Morgan fingerprint density at radius 3 is 2.17 bits per heavy atom. The van der Waals surface area contributed by atoms with Crippen LogP contribution in [0.3, 0.4) is 0 Å². The Labute approximate surface area is 258 Å². The number of nitrogens with zero attached hydrogens (tertiary/aromatic N) is 3. The topological polar surface area (TPSA) is 115 Å². The van der Waals surface area contributed by atoms with Crippen molar-refractivity contribution in [2.45, 2.75) is 26.4 Å². The van der Waals surface area contributed by atoms with Crippen molar-refractivity contribution in [2.24, 2.45) is 5.10 Å². The van der Waals surface area contributed by atoms with Crippen molar-refractivity contribution in [2.75, 3.05) is 34.9 Å². The molecule has 4 rings (SSSR count). The quantitative estimate of drug-likeness (QED) is 0.207. The summed E-state index contributed by atoms with van der Waals surface area (Å²) in [4.78, 5) is 41.7. The number of para-hydroxylation sites is 1. The molecule has 3 N–H and O–H groups in total. The number of carbonyl (C=O) groups is 3. The number of benzene rings is 3. The number of hydrazone groups is 1. The van der Waals surface area contributed by atoms with Gasteiger partial charge < -0.3 is 25.6 Å². The molecule has 42 heavy (non-hydrogen) atoms. The zero-order valence-corrected chi connectivity index (χ0v) is 25.3. The Bertz CT molecular complexity index is 1480. The summed E-state index contributed by atoms with van der Waals surface area (Å²) in [5.74, 6) is -1.77. The smallest absolute Gasteiger partial charge is 0.302 e. The van der Waals surface area contributed by atoms with Crippen LogP contribution in [0.1, 0.15) is 20.8 Å². The van der Waals surface area contributed by atoms with Gasteiger partial charge in [0.15, 0.2) is 12.4 Å². The minimum atomic E-state index is -1.94. The molecule has 0 saturated heterocycles. The van der Waals surface area contributed by atoms with Crippen molar-refractivity contribution in [3.8, 4) is 5.75 Å². The van der Waals surface area contributed by atoms with Crippen LogP contribution >= 0.6 is 34.8 Å². The lowest BCUT2D eigenvalue weighted by Gasteiger charge is -2.31. The molecule has 0 aromatic heterocycles. The van der Waals surface area contributed by atoms with Gasteiger partial charge in [-0.1, -0.05) is 53.0 Å². The summed E-state index contributed by atoms with van der Waals surface area (Å²) in [5, 5.41) is 14.4. The van der Waals surface area contributed by atoms with E-state index in [1.807, 2.05) is 12.1 Å². The maximum Gasteiger partial charge on any atom is 0.302 e. The first-order chi connectivity index (χ1) is 20.1. The Balaban J connectivity index is 1.66. The van der Waals surface area contributed by atoms with Crippen LogP contribution in [0.5, 0.6) is 5.75 Å². The van der Waals surface area contributed by atoms with Crippen LogP contribution < -0.4 is 30.6 Å². The number of nitrogens with one attached hydrogen (secondary N) is 3. The first-order valence-electron chi connectivity index (χ1n) is 13.1. The van der Waals surface area contributed by atoms with Crippen molar-refractivity contribution in [3.63, 3.8) is 0 Å². The van der Waals surface area contributed by atoms with Crippen molar-refractivity contribution >= 4 is 75.4 Å². The van der Waals surface area contributed by atoms with Gasteiger partial charge in [-0.05, 0) is 50.2 Å². The number of carbonyl (C=O) groups excluding carboxylic acids is 3. The molecule has 0 aliphatic carbocycles. The normalized spacial score (nSPS) is 16.1. The number of rotatable bonds is 10. The Morgan fingerprint density at radius 1 is 0.976 bits per heavy atom. The third-order valence-corrected chi connectivity index (χ3v) is 7.54. The molecule has 220 valence electrons. The Hall–Kier alpha value is -3.99. The first-order valence-corrected chi connectivity index (χ1v) is 14.2. The van der Waals surface area contributed by atoms with Crippen LogP contribution in [-0.4, -0.2) is 48.9 Å². The van der Waals surface area contributed by atoms with Gasteiger partial charge >= 0.3 is 5.91 Å². The highest BCUT2D eigenvalue weighted by Gasteiger charge is 2.54. The van der Waals surface area contributed by atoms with Crippen LogP contribution in [0.15, 0.2) is 71.8 Å². The summed E-state index contributed by atoms with van der Waals surface area (Å²) in [7, 11) is 0. The van der Waals surface area contributed by atoms with E-state index in [2.05, 4.69) is 39.8 Å². The van der Waals surface area contributed by atoms with Crippen molar-refractivity contribution in [3.05, 3.63) is 81.8 Å². The van der Waals surface area contributed by atoms with Crippen LogP contribution in [0, 0.1) is 0 Å². The minimum Gasteiger partial charge on any atom is -0.484 e. The standard InChI is InChI=1S/C29H29Cl3N6O4/c1-4-37(5-2)20-13-11-19(12-14-20)35-29(34-18(3)39)27(36-38(28(29)41)21-9-7-6-8-10-21)33-25(40)17-42-22-15-23(30)26(32)24(31)16-22/h6-16,35H,4-5,17H2,1-3H3,(H,34,39)(H,33,36,40). The number of halogens is 3. The van der Waals surface area contributed by atoms with Crippen molar-refractivity contribution in [1.82, 2.24) is 10.6 Å². The average molecular weight is 632 g/mol. The number of hydrogen-bond donors (Lipinski definition) is 3. The van der Waals surface area contributed by atoms with E-state index in [0.717, 1.165) is 23.8 Å². The van der Waals surface area contributed by atoms with Crippen molar-refractivity contribution < 1.29 is 19.1 Å². The van der Waals surface area contributed by atoms with Gasteiger partial charge in [0.05, 0.1) is 20.8 Å². The molecule has 0 fully saturated rings. The maximum absolute atomic E-state index is 14.0. The molecule has 0 spiro atoms. The molecule has 1 unspecified atom stereocenters. The molecule has 1 heterocycles. The lowest BCUT2D eigenvalue weighted by atomic mass is 10.1.